The zero-order valence-corrected chi connectivity index (χ0v) is 11.1. The van der Waals surface area contributed by atoms with E-state index in [1.807, 2.05) is 25.1 Å². The van der Waals surface area contributed by atoms with E-state index in [0.717, 1.165) is 36.8 Å². The molecule has 1 aromatic rings. The molecule has 19 heavy (non-hydrogen) atoms. The van der Waals surface area contributed by atoms with E-state index in [2.05, 4.69) is 10.2 Å². The third-order valence-electron chi connectivity index (χ3n) is 3.69. The summed E-state index contributed by atoms with van der Waals surface area (Å²) in [6, 6.07) is 6.00. The molecular weight excluding hydrogens is 244 g/mol. The van der Waals surface area contributed by atoms with E-state index in [-0.39, 0.29) is 6.04 Å². The van der Waals surface area contributed by atoms with E-state index in [4.69, 9.17) is 9.47 Å². The number of anilines is 1. The molecule has 2 atom stereocenters. The molecule has 1 aromatic carbocycles. The smallest absolute Gasteiger partial charge is 0.184 e. The monoisotopic (exact) mass is 264 g/mol. The first-order valence-electron chi connectivity index (χ1n) is 6.81. The number of nitrogens with one attached hydrogen (secondary N) is 1. The maximum absolute atomic E-state index is 9.96. The number of ether oxygens (including phenoxy) is 2. The van der Waals surface area contributed by atoms with E-state index in [0.29, 0.717) is 13.2 Å². The predicted octanol–water partition coefficient (Wildman–Crippen LogP) is 0.617. The molecule has 0 spiro atoms. The zero-order chi connectivity index (χ0) is 13.2. The fourth-order valence-corrected chi connectivity index (χ4v) is 2.74. The van der Waals surface area contributed by atoms with Crippen molar-refractivity contribution in [2.75, 3.05) is 37.7 Å². The molecular formula is C14H20N2O3. The van der Waals surface area contributed by atoms with Crippen molar-refractivity contribution in [3.63, 3.8) is 0 Å². The average molecular weight is 264 g/mol. The summed E-state index contributed by atoms with van der Waals surface area (Å²) in [6.07, 6.45) is -0.395. The Balaban J connectivity index is 1.95. The Labute approximate surface area is 113 Å². The number of aliphatic hydroxyl groups is 1. The van der Waals surface area contributed by atoms with Gasteiger partial charge in [0.1, 0.15) is 13.2 Å². The molecule has 0 radical (unpaired) electrons. The van der Waals surface area contributed by atoms with Gasteiger partial charge < -0.3 is 24.8 Å². The van der Waals surface area contributed by atoms with Gasteiger partial charge in [-0.2, -0.15) is 0 Å². The summed E-state index contributed by atoms with van der Waals surface area (Å²) in [5, 5.41) is 13.3. The van der Waals surface area contributed by atoms with E-state index >= 15 is 0 Å². The standard InChI is InChI=1S/C14H20N2O3/c1-10(17)12-9-15-5-6-16(12)11-3-2-4-13-14(11)19-8-7-18-13/h2-4,10,12,15,17H,5-9H2,1H3. The van der Waals surface area contributed by atoms with Crippen LogP contribution in [0, 0.1) is 0 Å². The van der Waals surface area contributed by atoms with Gasteiger partial charge in [-0.15, -0.1) is 0 Å². The van der Waals surface area contributed by atoms with Crippen LogP contribution in [0.5, 0.6) is 11.5 Å². The van der Waals surface area contributed by atoms with Gasteiger partial charge in [-0.3, -0.25) is 0 Å². The fraction of sp³-hybridized carbons (Fsp3) is 0.571. The number of benzene rings is 1. The number of hydrogen-bond acceptors (Lipinski definition) is 5. The van der Waals surface area contributed by atoms with E-state index in [1.54, 1.807) is 0 Å². The normalized spacial score (nSPS) is 24.1. The maximum Gasteiger partial charge on any atom is 0.184 e. The number of nitrogens with zero attached hydrogens (tertiary/aromatic N) is 1. The summed E-state index contributed by atoms with van der Waals surface area (Å²) in [4.78, 5) is 2.22. The molecule has 5 nitrogen and oxygen atoms in total. The van der Waals surface area contributed by atoms with Crippen molar-refractivity contribution in [1.29, 1.82) is 0 Å². The second-order valence-electron chi connectivity index (χ2n) is 5.01. The number of aliphatic hydroxyl groups excluding tert-OH is 1. The van der Waals surface area contributed by atoms with Crippen LogP contribution in [-0.2, 0) is 0 Å². The number of para-hydroxylation sites is 1. The Bertz CT molecular complexity index is 450. The Morgan fingerprint density at radius 1 is 1.37 bits per heavy atom. The number of piperazine rings is 1. The molecule has 2 N–H and O–H groups in total. The van der Waals surface area contributed by atoms with Crippen molar-refractivity contribution in [2.45, 2.75) is 19.1 Å². The minimum Gasteiger partial charge on any atom is -0.486 e. The first-order chi connectivity index (χ1) is 9.27. The lowest BCUT2D eigenvalue weighted by Gasteiger charge is -2.40. The highest BCUT2D eigenvalue weighted by molar-refractivity contribution is 5.66. The van der Waals surface area contributed by atoms with Crippen LogP contribution in [0.25, 0.3) is 0 Å². The minimum atomic E-state index is -0.395. The van der Waals surface area contributed by atoms with Gasteiger partial charge in [0.25, 0.3) is 0 Å². The fourth-order valence-electron chi connectivity index (χ4n) is 2.74. The molecule has 2 aliphatic rings. The highest BCUT2D eigenvalue weighted by Crippen LogP contribution is 2.40. The topological polar surface area (TPSA) is 54.0 Å². The molecule has 3 rings (SSSR count). The second-order valence-corrected chi connectivity index (χ2v) is 5.01. The van der Waals surface area contributed by atoms with Crippen molar-refractivity contribution >= 4 is 5.69 Å². The van der Waals surface area contributed by atoms with E-state index in [9.17, 15) is 5.11 Å². The first kappa shape index (κ1) is 12.6. The molecule has 5 heteroatoms. The Kier molecular flexibility index (Phi) is 3.48. The Morgan fingerprint density at radius 3 is 3.05 bits per heavy atom. The molecule has 1 fully saturated rings. The SMILES string of the molecule is CC(O)C1CNCCN1c1cccc2c1OCCO2. The van der Waals surface area contributed by atoms with E-state index < -0.39 is 6.10 Å². The van der Waals surface area contributed by atoms with Gasteiger partial charge >= 0.3 is 0 Å². The van der Waals surface area contributed by atoms with Gasteiger partial charge in [-0.05, 0) is 19.1 Å². The first-order valence-corrected chi connectivity index (χ1v) is 6.81. The van der Waals surface area contributed by atoms with Crippen molar-refractivity contribution in [3.8, 4) is 11.5 Å². The number of rotatable bonds is 2. The quantitative estimate of drug-likeness (QED) is 0.820. The van der Waals surface area contributed by atoms with Crippen LogP contribution in [0.15, 0.2) is 18.2 Å². The molecule has 2 aliphatic heterocycles. The summed E-state index contributed by atoms with van der Waals surface area (Å²) in [6.45, 7) is 5.55. The number of hydrogen-bond donors (Lipinski definition) is 2. The van der Waals surface area contributed by atoms with Crippen LogP contribution in [0.2, 0.25) is 0 Å². The molecule has 2 unspecified atom stereocenters. The zero-order valence-electron chi connectivity index (χ0n) is 11.1. The third-order valence-corrected chi connectivity index (χ3v) is 3.69. The van der Waals surface area contributed by atoms with Crippen LogP contribution in [0.4, 0.5) is 5.69 Å². The molecule has 104 valence electrons. The van der Waals surface area contributed by atoms with Crippen LogP contribution >= 0.6 is 0 Å². The van der Waals surface area contributed by atoms with Crippen molar-refractivity contribution in [2.24, 2.45) is 0 Å². The number of fused-ring (bicyclic) bond motifs is 1. The summed E-state index contributed by atoms with van der Waals surface area (Å²) in [5.74, 6) is 1.60. The van der Waals surface area contributed by atoms with Crippen molar-refractivity contribution < 1.29 is 14.6 Å². The van der Waals surface area contributed by atoms with Gasteiger partial charge in [0.05, 0.1) is 17.8 Å². The van der Waals surface area contributed by atoms with Gasteiger partial charge in [-0.25, -0.2) is 0 Å². The molecule has 0 aromatic heterocycles. The van der Waals surface area contributed by atoms with Gasteiger partial charge in [0.15, 0.2) is 11.5 Å². The highest BCUT2D eigenvalue weighted by atomic mass is 16.6. The molecule has 0 amide bonds. The van der Waals surface area contributed by atoms with E-state index in [1.165, 1.54) is 0 Å². The molecule has 0 bridgehead atoms. The van der Waals surface area contributed by atoms with Crippen LogP contribution in [-0.4, -0.2) is 50.1 Å². The Hall–Kier alpha value is -1.46. The minimum absolute atomic E-state index is 0.0609. The van der Waals surface area contributed by atoms with Crippen LogP contribution in [0.3, 0.4) is 0 Å². The van der Waals surface area contributed by atoms with Gasteiger partial charge in [-0.1, -0.05) is 6.07 Å². The maximum atomic E-state index is 9.96. The molecule has 0 aliphatic carbocycles. The molecule has 2 heterocycles. The second kappa shape index (κ2) is 5.27. The largest absolute Gasteiger partial charge is 0.486 e. The van der Waals surface area contributed by atoms with Crippen molar-refractivity contribution in [3.05, 3.63) is 18.2 Å². The molecule has 1 saturated heterocycles. The predicted molar refractivity (Wildman–Crippen MR) is 73.1 cm³/mol. The summed E-state index contributed by atoms with van der Waals surface area (Å²) in [5.41, 5.74) is 1.02. The van der Waals surface area contributed by atoms with Crippen molar-refractivity contribution in [1.82, 2.24) is 5.32 Å². The summed E-state index contributed by atoms with van der Waals surface area (Å²) >= 11 is 0. The van der Waals surface area contributed by atoms with Crippen LogP contribution < -0.4 is 19.7 Å². The highest BCUT2D eigenvalue weighted by Gasteiger charge is 2.30. The lowest BCUT2D eigenvalue weighted by molar-refractivity contribution is 0.148. The lowest BCUT2D eigenvalue weighted by Crippen LogP contribution is -2.56. The van der Waals surface area contributed by atoms with Crippen LogP contribution in [0.1, 0.15) is 6.92 Å². The van der Waals surface area contributed by atoms with Gasteiger partial charge in [0.2, 0.25) is 0 Å². The average Bonchev–Trinajstić information content (AvgIpc) is 2.46. The Morgan fingerprint density at radius 2 is 2.21 bits per heavy atom. The summed E-state index contributed by atoms with van der Waals surface area (Å²) in [7, 11) is 0. The lowest BCUT2D eigenvalue weighted by atomic mass is 10.1. The molecule has 0 saturated carbocycles. The summed E-state index contributed by atoms with van der Waals surface area (Å²) < 4.78 is 11.4. The third kappa shape index (κ3) is 2.35. The van der Waals surface area contributed by atoms with Gasteiger partial charge in [0, 0.05) is 19.6 Å².